The van der Waals surface area contributed by atoms with E-state index in [0.717, 1.165) is 22.3 Å². The standard InChI is InChI=1S/C36H36Cl4N2O6/c1-23(47-33-11-9-29(37)17-31(33)39)35(43)41-19-25-5-3-7-27(15-25)21-45-13-14-46-22-28-8-4-6-26(16-28)20-42-36(44)24(2)48-34-12-10-30(38)18-32(34)40/h3-12,15-18,23-24H,13-14,19-22H2,1-2H3,(H,41,43)(H,42,44). The number of halogens is 4. The van der Waals surface area contributed by atoms with Gasteiger partial charge >= 0.3 is 0 Å². The van der Waals surface area contributed by atoms with Gasteiger partial charge in [-0.25, -0.2) is 0 Å². The second kappa shape index (κ2) is 18.9. The first-order valence-corrected chi connectivity index (χ1v) is 16.7. The van der Waals surface area contributed by atoms with Crippen molar-refractivity contribution in [2.75, 3.05) is 13.2 Å². The van der Waals surface area contributed by atoms with Crippen molar-refractivity contribution in [3.63, 3.8) is 0 Å². The molecule has 0 bridgehead atoms. The van der Waals surface area contributed by atoms with Crippen molar-refractivity contribution in [2.45, 2.75) is 52.4 Å². The highest BCUT2D eigenvalue weighted by molar-refractivity contribution is 6.36. The lowest BCUT2D eigenvalue weighted by molar-refractivity contribution is -0.128. The molecule has 0 saturated carbocycles. The number of ether oxygens (including phenoxy) is 4. The maximum atomic E-state index is 12.6. The summed E-state index contributed by atoms with van der Waals surface area (Å²) in [4.78, 5) is 25.1. The summed E-state index contributed by atoms with van der Waals surface area (Å²) < 4.78 is 23.0. The van der Waals surface area contributed by atoms with Crippen LogP contribution in [0.4, 0.5) is 0 Å². The van der Waals surface area contributed by atoms with Crippen LogP contribution < -0.4 is 20.1 Å². The first-order valence-electron chi connectivity index (χ1n) is 15.2. The van der Waals surface area contributed by atoms with Crippen LogP contribution in [0, 0.1) is 0 Å². The Hall–Kier alpha value is -3.50. The fraction of sp³-hybridized carbons (Fsp3) is 0.278. The van der Waals surface area contributed by atoms with Gasteiger partial charge in [0.1, 0.15) is 11.5 Å². The number of rotatable bonds is 17. The average molecular weight is 735 g/mol. The lowest BCUT2D eigenvalue weighted by Gasteiger charge is -2.16. The first kappa shape index (κ1) is 37.3. The van der Waals surface area contributed by atoms with Crippen molar-refractivity contribution in [3.05, 3.63) is 127 Å². The van der Waals surface area contributed by atoms with Crippen molar-refractivity contribution in [1.82, 2.24) is 10.6 Å². The molecule has 2 N–H and O–H groups in total. The van der Waals surface area contributed by atoms with Crippen molar-refractivity contribution in [2.24, 2.45) is 0 Å². The highest BCUT2D eigenvalue weighted by Crippen LogP contribution is 2.29. The Labute approximate surface area is 300 Å². The van der Waals surface area contributed by atoms with Crippen LogP contribution in [0.2, 0.25) is 20.1 Å². The number of benzene rings is 4. The molecular formula is C36H36Cl4N2O6. The molecule has 0 heterocycles. The van der Waals surface area contributed by atoms with Gasteiger partial charge in [-0.15, -0.1) is 0 Å². The summed E-state index contributed by atoms with van der Waals surface area (Å²) >= 11 is 24.1. The SMILES string of the molecule is CC(Oc1ccc(Cl)cc1Cl)C(=O)NCc1cccc(COCCOCc2cccc(CNC(=O)C(C)Oc3ccc(Cl)cc3Cl)c2)c1. The molecule has 0 aliphatic heterocycles. The van der Waals surface area contributed by atoms with Crippen molar-refractivity contribution >= 4 is 58.2 Å². The molecule has 0 aliphatic rings. The Kier molecular flexibility index (Phi) is 14.7. The van der Waals surface area contributed by atoms with Crippen molar-refractivity contribution in [1.29, 1.82) is 0 Å². The van der Waals surface area contributed by atoms with Crippen LogP contribution >= 0.6 is 46.4 Å². The van der Waals surface area contributed by atoms with Crippen LogP contribution in [0.25, 0.3) is 0 Å². The van der Waals surface area contributed by atoms with Crippen molar-refractivity contribution < 1.29 is 28.5 Å². The van der Waals surface area contributed by atoms with Crippen LogP contribution in [0.3, 0.4) is 0 Å². The van der Waals surface area contributed by atoms with E-state index in [0.29, 0.717) is 71.1 Å². The first-order chi connectivity index (χ1) is 23.1. The van der Waals surface area contributed by atoms with E-state index >= 15 is 0 Å². The molecule has 4 rings (SSSR count). The van der Waals surface area contributed by atoms with E-state index in [2.05, 4.69) is 10.6 Å². The molecule has 8 nitrogen and oxygen atoms in total. The zero-order valence-electron chi connectivity index (χ0n) is 26.4. The molecule has 0 aliphatic carbocycles. The topological polar surface area (TPSA) is 95.1 Å². The monoisotopic (exact) mass is 732 g/mol. The third kappa shape index (κ3) is 12.2. The number of hydrogen-bond donors (Lipinski definition) is 2. The van der Waals surface area contributed by atoms with E-state index in [9.17, 15) is 9.59 Å². The predicted molar refractivity (Wildman–Crippen MR) is 189 cm³/mol. The zero-order chi connectivity index (χ0) is 34.5. The van der Waals surface area contributed by atoms with E-state index in [1.165, 1.54) is 0 Å². The molecule has 0 fully saturated rings. The minimum atomic E-state index is -0.741. The summed E-state index contributed by atoms with van der Waals surface area (Å²) in [6.45, 7) is 5.62. The molecule has 0 aromatic heterocycles. The molecule has 0 radical (unpaired) electrons. The van der Waals surface area contributed by atoms with Gasteiger partial charge in [0.05, 0.1) is 36.5 Å². The highest BCUT2D eigenvalue weighted by atomic mass is 35.5. The van der Waals surface area contributed by atoms with E-state index < -0.39 is 12.2 Å². The summed E-state index contributed by atoms with van der Waals surface area (Å²) in [7, 11) is 0. The van der Waals surface area contributed by atoms with Gasteiger partial charge in [0, 0.05) is 23.1 Å². The van der Waals surface area contributed by atoms with Crippen LogP contribution in [-0.2, 0) is 45.4 Å². The summed E-state index contributed by atoms with van der Waals surface area (Å²) in [6.07, 6.45) is -1.48. The second-order valence-electron chi connectivity index (χ2n) is 10.9. The van der Waals surface area contributed by atoms with E-state index in [1.807, 2.05) is 48.5 Å². The van der Waals surface area contributed by atoms with Gasteiger partial charge in [-0.2, -0.15) is 0 Å². The van der Waals surface area contributed by atoms with Gasteiger partial charge in [0.25, 0.3) is 11.8 Å². The molecule has 4 aromatic carbocycles. The van der Waals surface area contributed by atoms with Gasteiger partial charge in [-0.05, 0) is 72.5 Å². The Bertz CT molecular complexity index is 1570. The summed E-state index contributed by atoms with van der Waals surface area (Å²) in [5, 5.41) is 7.42. The quantitative estimate of drug-likeness (QED) is 0.106. The van der Waals surface area contributed by atoms with Gasteiger partial charge < -0.3 is 29.6 Å². The van der Waals surface area contributed by atoms with Gasteiger partial charge in [-0.3, -0.25) is 9.59 Å². The Morgan fingerprint density at radius 1 is 0.583 bits per heavy atom. The molecule has 12 heteroatoms. The minimum absolute atomic E-state index is 0.268. The van der Waals surface area contributed by atoms with Crippen LogP contribution in [0.1, 0.15) is 36.1 Å². The van der Waals surface area contributed by atoms with Crippen LogP contribution in [0.15, 0.2) is 84.9 Å². The lowest BCUT2D eigenvalue weighted by Crippen LogP contribution is -2.36. The zero-order valence-corrected chi connectivity index (χ0v) is 29.5. The normalized spacial score (nSPS) is 12.2. The van der Waals surface area contributed by atoms with Crippen LogP contribution in [0.5, 0.6) is 11.5 Å². The molecule has 254 valence electrons. The molecule has 48 heavy (non-hydrogen) atoms. The molecular weight excluding hydrogens is 698 g/mol. The number of amides is 2. The largest absolute Gasteiger partial charge is 0.479 e. The van der Waals surface area contributed by atoms with Gasteiger partial charge in [0.2, 0.25) is 0 Å². The van der Waals surface area contributed by atoms with Crippen LogP contribution in [-0.4, -0.2) is 37.2 Å². The van der Waals surface area contributed by atoms with E-state index in [4.69, 9.17) is 65.4 Å². The molecule has 2 atom stereocenters. The Morgan fingerprint density at radius 3 is 1.38 bits per heavy atom. The maximum Gasteiger partial charge on any atom is 0.261 e. The number of carbonyl (C=O) groups is 2. The lowest BCUT2D eigenvalue weighted by atomic mass is 10.1. The molecule has 2 amide bonds. The number of nitrogens with one attached hydrogen (secondary N) is 2. The summed E-state index contributed by atoms with van der Waals surface area (Å²) in [5.41, 5.74) is 3.82. The minimum Gasteiger partial charge on any atom is -0.479 e. The predicted octanol–water partition coefficient (Wildman–Crippen LogP) is 8.20. The van der Waals surface area contributed by atoms with E-state index in [-0.39, 0.29) is 11.8 Å². The summed E-state index contributed by atoms with van der Waals surface area (Å²) in [6, 6.07) is 25.3. The second-order valence-corrected chi connectivity index (χ2v) is 12.5. The number of carbonyl (C=O) groups excluding carboxylic acids is 2. The highest BCUT2D eigenvalue weighted by Gasteiger charge is 2.17. The smallest absolute Gasteiger partial charge is 0.261 e. The molecule has 4 aromatic rings. The number of hydrogen-bond acceptors (Lipinski definition) is 6. The van der Waals surface area contributed by atoms with Gasteiger partial charge in [0.15, 0.2) is 12.2 Å². The molecule has 0 saturated heterocycles. The average Bonchev–Trinajstić information content (AvgIpc) is 3.07. The fourth-order valence-electron chi connectivity index (χ4n) is 4.45. The van der Waals surface area contributed by atoms with E-state index in [1.54, 1.807) is 50.2 Å². The Balaban J connectivity index is 1.11. The third-order valence-electron chi connectivity index (χ3n) is 6.96. The fourth-order valence-corrected chi connectivity index (χ4v) is 5.36. The van der Waals surface area contributed by atoms with Gasteiger partial charge in [-0.1, -0.05) is 94.9 Å². The Morgan fingerprint density at radius 2 is 0.979 bits per heavy atom. The molecule has 0 spiro atoms. The maximum absolute atomic E-state index is 12.6. The third-order valence-corrected chi connectivity index (χ3v) is 8.02. The van der Waals surface area contributed by atoms with Crippen molar-refractivity contribution in [3.8, 4) is 11.5 Å². The summed E-state index contributed by atoms with van der Waals surface area (Å²) in [5.74, 6) is 0.242. The molecule has 2 unspecified atom stereocenters.